The topological polar surface area (TPSA) is 88.0 Å². The highest BCUT2D eigenvalue weighted by Crippen LogP contribution is 2.25. The molecule has 1 aromatic heterocycles. The molecule has 0 spiro atoms. The Morgan fingerprint density at radius 2 is 1.93 bits per heavy atom. The van der Waals surface area contributed by atoms with Gasteiger partial charge in [-0.05, 0) is 44.0 Å². The summed E-state index contributed by atoms with van der Waals surface area (Å²) in [7, 11) is 4.03. The zero-order valence-electron chi connectivity index (χ0n) is 17.7. The quantitative estimate of drug-likeness (QED) is 0.637. The van der Waals surface area contributed by atoms with Gasteiger partial charge in [-0.15, -0.1) is 10.2 Å². The number of nitrogens with one attached hydrogen (secondary N) is 2. The zero-order chi connectivity index (χ0) is 21.8. The number of nitriles is 1. The van der Waals surface area contributed by atoms with E-state index in [-0.39, 0.29) is 29.4 Å². The SMILES string of the molecule is CC(C)[C@@](C)(C#N)NC(=O)CSc1nnc([C@@H](C)[NH+](C)C)n1-c1ccc(F)cc1. The standard InChI is InChI=1S/C20H27FN6OS/c1-13(2)20(4,12-22)23-17(28)11-29-19-25-24-18(14(3)26(5)6)27(19)16-9-7-15(21)8-10-16/h7-10,13-14H,11H2,1-6H3,(H,23,28)/p+1/t14-,20-/m1/s1. The molecule has 0 aliphatic carbocycles. The summed E-state index contributed by atoms with van der Waals surface area (Å²) in [6.45, 7) is 7.51. The van der Waals surface area contributed by atoms with Gasteiger partial charge in [0.2, 0.25) is 5.91 Å². The zero-order valence-corrected chi connectivity index (χ0v) is 18.5. The van der Waals surface area contributed by atoms with Crippen LogP contribution in [0.25, 0.3) is 5.69 Å². The van der Waals surface area contributed by atoms with E-state index in [0.717, 1.165) is 16.4 Å². The van der Waals surface area contributed by atoms with Crippen molar-refractivity contribution in [1.82, 2.24) is 20.1 Å². The number of carbonyl (C=O) groups is 1. The summed E-state index contributed by atoms with van der Waals surface area (Å²) in [4.78, 5) is 13.6. The predicted octanol–water partition coefficient (Wildman–Crippen LogP) is 1.76. The number of benzene rings is 1. The van der Waals surface area contributed by atoms with E-state index in [4.69, 9.17) is 0 Å². The van der Waals surface area contributed by atoms with E-state index < -0.39 is 5.54 Å². The molecule has 0 saturated carbocycles. The summed E-state index contributed by atoms with van der Waals surface area (Å²) >= 11 is 1.23. The van der Waals surface area contributed by atoms with Crippen LogP contribution < -0.4 is 10.2 Å². The molecule has 156 valence electrons. The highest BCUT2D eigenvalue weighted by Gasteiger charge is 2.30. The molecular formula is C20H28FN6OS+. The van der Waals surface area contributed by atoms with Crippen molar-refractivity contribution in [2.45, 2.75) is 44.4 Å². The van der Waals surface area contributed by atoms with Crippen LogP contribution in [0.1, 0.15) is 39.6 Å². The Morgan fingerprint density at radius 1 is 1.31 bits per heavy atom. The highest BCUT2D eigenvalue weighted by molar-refractivity contribution is 7.99. The number of halogens is 1. The van der Waals surface area contributed by atoms with Gasteiger partial charge in [-0.3, -0.25) is 9.36 Å². The number of nitrogens with zero attached hydrogens (tertiary/aromatic N) is 4. The Bertz CT molecular complexity index is 889. The second-order valence-electron chi connectivity index (χ2n) is 7.76. The van der Waals surface area contributed by atoms with E-state index in [1.54, 1.807) is 19.1 Å². The molecule has 0 unspecified atom stereocenters. The Balaban J connectivity index is 2.28. The summed E-state index contributed by atoms with van der Waals surface area (Å²) in [6, 6.07) is 8.30. The maximum absolute atomic E-state index is 13.4. The van der Waals surface area contributed by atoms with Crippen LogP contribution in [0.4, 0.5) is 4.39 Å². The summed E-state index contributed by atoms with van der Waals surface area (Å²) in [5.41, 5.74) is -0.206. The van der Waals surface area contributed by atoms with Gasteiger partial charge in [-0.2, -0.15) is 5.26 Å². The molecule has 7 nitrogen and oxygen atoms in total. The largest absolute Gasteiger partial charge is 0.337 e. The van der Waals surface area contributed by atoms with Gasteiger partial charge in [-0.1, -0.05) is 25.6 Å². The molecule has 0 aliphatic heterocycles. The molecule has 1 amide bonds. The smallest absolute Gasteiger partial charge is 0.231 e. The number of carbonyl (C=O) groups excluding carboxylic acids is 1. The molecule has 2 atom stereocenters. The molecule has 0 radical (unpaired) electrons. The van der Waals surface area contributed by atoms with E-state index in [2.05, 4.69) is 21.6 Å². The Morgan fingerprint density at radius 3 is 2.45 bits per heavy atom. The van der Waals surface area contributed by atoms with Crippen molar-refractivity contribution in [2.75, 3.05) is 19.8 Å². The maximum atomic E-state index is 13.4. The van der Waals surface area contributed by atoms with E-state index in [0.29, 0.717) is 5.16 Å². The summed E-state index contributed by atoms with van der Waals surface area (Å²) < 4.78 is 15.2. The lowest BCUT2D eigenvalue weighted by molar-refractivity contribution is -0.890. The van der Waals surface area contributed by atoms with Gasteiger partial charge in [0, 0.05) is 5.69 Å². The molecule has 2 N–H and O–H groups in total. The van der Waals surface area contributed by atoms with Crippen molar-refractivity contribution in [2.24, 2.45) is 5.92 Å². The van der Waals surface area contributed by atoms with E-state index in [1.807, 2.05) is 39.4 Å². The fraction of sp³-hybridized carbons (Fsp3) is 0.500. The third-order valence-electron chi connectivity index (χ3n) is 5.11. The molecule has 2 rings (SSSR count). The van der Waals surface area contributed by atoms with E-state index in [1.165, 1.54) is 23.9 Å². The molecule has 0 bridgehead atoms. The van der Waals surface area contributed by atoms with Crippen LogP contribution in [0.15, 0.2) is 29.4 Å². The highest BCUT2D eigenvalue weighted by atomic mass is 32.2. The molecule has 0 aliphatic rings. The lowest BCUT2D eigenvalue weighted by Gasteiger charge is -2.27. The molecular weight excluding hydrogens is 391 g/mol. The van der Waals surface area contributed by atoms with Crippen molar-refractivity contribution in [1.29, 1.82) is 5.26 Å². The predicted molar refractivity (Wildman–Crippen MR) is 110 cm³/mol. The number of hydrogen-bond donors (Lipinski definition) is 2. The van der Waals surface area contributed by atoms with Gasteiger partial charge in [0.15, 0.2) is 11.0 Å². The van der Waals surface area contributed by atoms with Crippen molar-refractivity contribution in [3.63, 3.8) is 0 Å². The lowest BCUT2D eigenvalue weighted by atomic mass is 9.90. The number of rotatable bonds is 8. The average molecular weight is 420 g/mol. The first-order chi connectivity index (χ1) is 13.6. The molecule has 29 heavy (non-hydrogen) atoms. The van der Waals surface area contributed by atoms with Crippen molar-refractivity contribution < 1.29 is 14.1 Å². The fourth-order valence-corrected chi connectivity index (χ4v) is 3.26. The van der Waals surface area contributed by atoms with Crippen LogP contribution in [-0.4, -0.2) is 46.1 Å². The fourth-order valence-electron chi connectivity index (χ4n) is 2.50. The number of thioether (sulfide) groups is 1. The van der Waals surface area contributed by atoms with Crippen LogP contribution in [0.5, 0.6) is 0 Å². The minimum atomic E-state index is -0.934. The maximum Gasteiger partial charge on any atom is 0.231 e. The van der Waals surface area contributed by atoms with Gasteiger partial charge in [0.1, 0.15) is 17.4 Å². The third-order valence-corrected chi connectivity index (χ3v) is 6.04. The van der Waals surface area contributed by atoms with Gasteiger partial charge in [0.05, 0.1) is 25.9 Å². The lowest BCUT2D eigenvalue weighted by Crippen LogP contribution is -3.05. The molecule has 9 heteroatoms. The van der Waals surface area contributed by atoms with Crippen molar-refractivity contribution in [3.8, 4) is 11.8 Å². The second-order valence-corrected chi connectivity index (χ2v) is 8.70. The minimum absolute atomic E-state index is 0.0279. The molecule has 1 aromatic carbocycles. The van der Waals surface area contributed by atoms with Crippen LogP contribution in [-0.2, 0) is 4.79 Å². The normalized spacial score (nSPS) is 14.5. The van der Waals surface area contributed by atoms with Crippen LogP contribution in [0, 0.1) is 23.1 Å². The van der Waals surface area contributed by atoms with Gasteiger partial charge in [-0.25, -0.2) is 4.39 Å². The number of aromatic nitrogens is 3. The Labute approximate surface area is 175 Å². The first-order valence-corrected chi connectivity index (χ1v) is 10.4. The monoisotopic (exact) mass is 419 g/mol. The Hall–Kier alpha value is -2.44. The summed E-state index contributed by atoms with van der Waals surface area (Å²) in [6.07, 6.45) is 0. The Kier molecular flexibility index (Phi) is 7.38. The first kappa shape index (κ1) is 22.8. The average Bonchev–Trinajstić information content (AvgIpc) is 3.09. The number of hydrogen-bond acceptors (Lipinski definition) is 5. The van der Waals surface area contributed by atoms with E-state index >= 15 is 0 Å². The molecule has 1 heterocycles. The molecule has 2 aromatic rings. The van der Waals surface area contributed by atoms with Crippen LogP contribution in [0.2, 0.25) is 0 Å². The summed E-state index contributed by atoms with van der Waals surface area (Å²) in [5, 5.41) is 21.3. The van der Waals surface area contributed by atoms with Crippen LogP contribution in [0.3, 0.4) is 0 Å². The minimum Gasteiger partial charge on any atom is -0.337 e. The molecule has 0 fully saturated rings. The third kappa shape index (κ3) is 5.34. The number of quaternary nitrogens is 1. The van der Waals surface area contributed by atoms with Gasteiger partial charge < -0.3 is 10.2 Å². The molecule has 0 saturated heterocycles. The second kappa shape index (κ2) is 9.37. The van der Waals surface area contributed by atoms with Crippen molar-refractivity contribution in [3.05, 3.63) is 35.9 Å². The number of amides is 1. The van der Waals surface area contributed by atoms with Crippen LogP contribution >= 0.6 is 11.8 Å². The van der Waals surface area contributed by atoms with Gasteiger partial charge in [0.25, 0.3) is 0 Å². The van der Waals surface area contributed by atoms with E-state index in [9.17, 15) is 14.4 Å². The summed E-state index contributed by atoms with van der Waals surface area (Å²) in [5.74, 6) is 0.206. The first-order valence-electron chi connectivity index (χ1n) is 9.45. The van der Waals surface area contributed by atoms with Gasteiger partial charge >= 0.3 is 0 Å². The van der Waals surface area contributed by atoms with Crippen molar-refractivity contribution >= 4 is 17.7 Å².